The van der Waals surface area contributed by atoms with Crippen molar-refractivity contribution in [2.45, 2.75) is 12.1 Å². The molecule has 178 valence electrons. The maximum Gasteiger partial charge on any atom is 0.416 e. The topological polar surface area (TPSA) is 129 Å². The number of hydrogen-bond acceptors (Lipinski definition) is 7. The van der Waals surface area contributed by atoms with Crippen molar-refractivity contribution in [2.24, 2.45) is 5.92 Å². The molecule has 0 saturated heterocycles. The summed E-state index contributed by atoms with van der Waals surface area (Å²) in [6.45, 7) is 0.708. The Morgan fingerprint density at radius 2 is 1.86 bits per heavy atom. The fourth-order valence-corrected chi connectivity index (χ4v) is 4.09. The molecule has 2 atom stereocenters. The SMILES string of the molecule is N#CC1C(=O)Nc2nc(Nc3cccc(C(F)(F)F)c3)[nH]c(=O)c2C1c1ccc2c(c1)OCCO2. The molecule has 12 heteroatoms. The van der Waals surface area contributed by atoms with Gasteiger partial charge in [0.1, 0.15) is 24.9 Å². The number of H-pyrrole nitrogens is 1. The Kier molecular flexibility index (Phi) is 5.32. The number of aromatic nitrogens is 2. The Bertz CT molecular complexity index is 1430. The van der Waals surface area contributed by atoms with Crippen LogP contribution in [0.2, 0.25) is 0 Å². The number of rotatable bonds is 3. The lowest BCUT2D eigenvalue weighted by Gasteiger charge is -2.29. The first-order valence-electron chi connectivity index (χ1n) is 10.4. The highest BCUT2D eigenvalue weighted by atomic mass is 19.4. The van der Waals surface area contributed by atoms with Gasteiger partial charge in [-0.25, -0.2) is 0 Å². The van der Waals surface area contributed by atoms with Crippen LogP contribution in [-0.2, 0) is 11.0 Å². The fraction of sp³-hybridized carbons (Fsp3) is 0.217. The van der Waals surface area contributed by atoms with E-state index in [1.807, 2.05) is 6.07 Å². The molecule has 2 unspecified atom stereocenters. The van der Waals surface area contributed by atoms with Gasteiger partial charge in [0.2, 0.25) is 11.9 Å². The molecule has 0 radical (unpaired) electrons. The summed E-state index contributed by atoms with van der Waals surface area (Å²) in [6.07, 6.45) is -4.55. The largest absolute Gasteiger partial charge is 0.486 e. The summed E-state index contributed by atoms with van der Waals surface area (Å²) in [6, 6.07) is 11.2. The molecule has 0 aliphatic carbocycles. The third-order valence-corrected chi connectivity index (χ3v) is 5.64. The number of nitrogens with one attached hydrogen (secondary N) is 3. The summed E-state index contributed by atoms with van der Waals surface area (Å²) < 4.78 is 50.2. The third kappa shape index (κ3) is 4.12. The van der Waals surface area contributed by atoms with E-state index < -0.39 is 35.0 Å². The summed E-state index contributed by atoms with van der Waals surface area (Å²) in [5.74, 6) is -2.20. The van der Waals surface area contributed by atoms with Crippen LogP contribution in [0.1, 0.15) is 22.6 Å². The van der Waals surface area contributed by atoms with Gasteiger partial charge in [-0.2, -0.15) is 23.4 Å². The van der Waals surface area contributed by atoms with Crippen molar-refractivity contribution in [3.63, 3.8) is 0 Å². The summed E-state index contributed by atoms with van der Waals surface area (Å²) in [4.78, 5) is 32.5. The van der Waals surface area contributed by atoms with E-state index in [0.717, 1.165) is 12.1 Å². The number of nitriles is 1. The van der Waals surface area contributed by atoms with Gasteiger partial charge in [0, 0.05) is 11.6 Å². The van der Waals surface area contributed by atoms with Crippen molar-refractivity contribution in [3.05, 3.63) is 69.5 Å². The zero-order valence-electron chi connectivity index (χ0n) is 17.8. The predicted octanol–water partition coefficient (Wildman–Crippen LogP) is 3.53. The van der Waals surface area contributed by atoms with Gasteiger partial charge in [0.05, 0.1) is 17.2 Å². The minimum atomic E-state index is -4.55. The normalized spacial score (nSPS) is 18.7. The molecule has 0 fully saturated rings. The second kappa shape index (κ2) is 8.35. The average molecular weight is 483 g/mol. The van der Waals surface area contributed by atoms with Crippen LogP contribution in [0.4, 0.5) is 30.6 Å². The lowest BCUT2D eigenvalue weighted by Crippen LogP contribution is -2.38. The highest BCUT2D eigenvalue weighted by Gasteiger charge is 2.40. The number of carbonyl (C=O) groups is 1. The van der Waals surface area contributed by atoms with Crippen LogP contribution in [-0.4, -0.2) is 29.1 Å². The number of anilines is 3. The van der Waals surface area contributed by atoms with E-state index in [9.17, 15) is 28.0 Å². The summed E-state index contributed by atoms with van der Waals surface area (Å²) in [5.41, 5.74) is -0.996. The Labute approximate surface area is 195 Å². The summed E-state index contributed by atoms with van der Waals surface area (Å²) >= 11 is 0. The van der Waals surface area contributed by atoms with E-state index in [1.54, 1.807) is 18.2 Å². The Hall–Kier alpha value is -4.53. The van der Waals surface area contributed by atoms with Crippen LogP contribution >= 0.6 is 0 Å². The molecule has 3 N–H and O–H groups in total. The summed E-state index contributed by atoms with van der Waals surface area (Å²) in [7, 11) is 0. The first-order chi connectivity index (χ1) is 16.7. The van der Waals surface area contributed by atoms with Crippen molar-refractivity contribution < 1.29 is 27.4 Å². The number of nitrogens with zero attached hydrogens (tertiary/aromatic N) is 2. The highest BCUT2D eigenvalue weighted by Crippen LogP contribution is 2.41. The van der Waals surface area contributed by atoms with Gasteiger partial charge in [-0.3, -0.25) is 14.6 Å². The van der Waals surface area contributed by atoms with Crippen molar-refractivity contribution >= 4 is 23.4 Å². The van der Waals surface area contributed by atoms with Crippen LogP contribution in [0.25, 0.3) is 0 Å². The number of amides is 1. The number of ether oxygens (including phenoxy) is 2. The quantitative estimate of drug-likeness (QED) is 0.520. The Morgan fingerprint density at radius 1 is 1.09 bits per heavy atom. The van der Waals surface area contributed by atoms with E-state index in [0.29, 0.717) is 30.3 Å². The molecule has 2 aromatic carbocycles. The molecule has 2 aliphatic heterocycles. The van der Waals surface area contributed by atoms with Crippen LogP contribution in [0.5, 0.6) is 11.5 Å². The molecule has 3 heterocycles. The molecule has 35 heavy (non-hydrogen) atoms. The Balaban J connectivity index is 1.56. The van der Waals surface area contributed by atoms with Gasteiger partial charge in [0.15, 0.2) is 11.5 Å². The zero-order chi connectivity index (χ0) is 24.7. The van der Waals surface area contributed by atoms with Gasteiger partial charge in [-0.05, 0) is 35.9 Å². The first kappa shape index (κ1) is 22.3. The van der Waals surface area contributed by atoms with Crippen LogP contribution in [0, 0.1) is 17.2 Å². The first-order valence-corrected chi connectivity index (χ1v) is 10.4. The number of benzene rings is 2. The Morgan fingerprint density at radius 3 is 2.60 bits per heavy atom. The number of aromatic amines is 1. The summed E-state index contributed by atoms with van der Waals surface area (Å²) in [5, 5.41) is 14.8. The van der Waals surface area contributed by atoms with Crippen molar-refractivity contribution in [3.8, 4) is 17.6 Å². The highest BCUT2D eigenvalue weighted by molar-refractivity contribution is 5.98. The van der Waals surface area contributed by atoms with Crippen LogP contribution < -0.4 is 25.7 Å². The predicted molar refractivity (Wildman–Crippen MR) is 117 cm³/mol. The molecule has 0 spiro atoms. The second-order valence-electron chi connectivity index (χ2n) is 7.86. The molecular weight excluding hydrogens is 467 g/mol. The molecule has 0 bridgehead atoms. The fourth-order valence-electron chi connectivity index (χ4n) is 4.09. The maximum absolute atomic E-state index is 13.1. The number of hydrogen-bond donors (Lipinski definition) is 3. The third-order valence-electron chi connectivity index (χ3n) is 5.64. The monoisotopic (exact) mass is 483 g/mol. The standard InChI is InChI=1S/C23H16F3N5O4/c24-23(25,26)12-2-1-3-13(9-12)28-22-30-19-18(21(33)31-22)17(14(10-27)20(32)29-19)11-4-5-15-16(8-11)35-7-6-34-15/h1-5,8-9,14,17H,6-7H2,(H3,28,29,30,31,32,33). The zero-order valence-corrected chi connectivity index (χ0v) is 17.8. The molecule has 1 aromatic heterocycles. The van der Waals surface area contributed by atoms with Crippen LogP contribution in [0.15, 0.2) is 47.3 Å². The average Bonchev–Trinajstić information content (AvgIpc) is 2.82. The number of carbonyl (C=O) groups excluding carboxylic acids is 1. The molecule has 0 saturated carbocycles. The van der Waals surface area contributed by atoms with E-state index in [4.69, 9.17) is 9.47 Å². The number of fused-ring (bicyclic) bond motifs is 2. The molecule has 1 amide bonds. The molecule has 2 aliphatic rings. The second-order valence-corrected chi connectivity index (χ2v) is 7.86. The van der Waals surface area contributed by atoms with Gasteiger partial charge in [0.25, 0.3) is 5.56 Å². The maximum atomic E-state index is 13.1. The van der Waals surface area contributed by atoms with Crippen molar-refractivity contribution in [2.75, 3.05) is 23.8 Å². The molecular formula is C23H16F3N5O4. The van der Waals surface area contributed by atoms with Gasteiger partial charge < -0.3 is 20.1 Å². The van der Waals surface area contributed by atoms with E-state index in [1.165, 1.54) is 12.1 Å². The molecule has 3 aromatic rings. The van der Waals surface area contributed by atoms with E-state index in [-0.39, 0.29) is 23.0 Å². The van der Waals surface area contributed by atoms with E-state index in [2.05, 4.69) is 20.6 Å². The lowest BCUT2D eigenvalue weighted by molar-refractivity contribution is -0.137. The minimum absolute atomic E-state index is 0.0309. The smallest absolute Gasteiger partial charge is 0.416 e. The molecule has 5 rings (SSSR count). The van der Waals surface area contributed by atoms with Crippen molar-refractivity contribution in [1.29, 1.82) is 5.26 Å². The van der Waals surface area contributed by atoms with Gasteiger partial charge in [-0.15, -0.1) is 0 Å². The van der Waals surface area contributed by atoms with Crippen LogP contribution in [0.3, 0.4) is 0 Å². The minimum Gasteiger partial charge on any atom is -0.486 e. The lowest BCUT2D eigenvalue weighted by atomic mass is 9.79. The van der Waals surface area contributed by atoms with Crippen molar-refractivity contribution in [1.82, 2.24) is 9.97 Å². The van der Waals surface area contributed by atoms with Gasteiger partial charge >= 0.3 is 6.18 Å². The number of alkyl halides is 3. The number of halogens is 3. The van der Waals surface area contributed by atoms with E-state index >= 15 is 0 Å². The van der Waals surface area contributed by atoms with Gasteiger partial charge in [-0.1, -0.05) is 12.1 Å². The molecule has 9 nitrogen and oxygen atoms in total.